The van der Waals surface area contributed by atoms with Crippen LogP contribution in [-0.4, -0.2) is 50.8 Å². The van der Waals surface area contributed by atoms with Crippen molar-refractivity contribution >= 4 is 5.91 Å². The van der Waals surface area contributed by atoms with Crippen LogP contribution in [0.2, 0.25) is 0 Å². The number of H-pyrrole nitrogens is 1. The fourth-order valence-electron chi connectivity index (χ4n) is 5.14. The summed E-state index contributed by atoms with van der Waals surface area (Å²) in [4.78, 5) is 26.4. The molecule has 5 nitrogen and oxygen atoms in total. The van der Waals surface area contributed by atoms with Gasteiger partial charge in [0.15, 0.2) is 0 Å². The van der Waals surface area contributed by atoms with E-state index in [1.807, 2.05) is 0 Å². The molecule has 0 bridgehead atoms. The van der Waals surface area contributed by atoms with Crippen LogP contribution in [0.1, 0.15) is 81.5 Å². The second kappa shape index (κ2) is 6.66. The SMILES string of the molecule is C[C@@H](C1CC1)N(C(=O)CN1CCC[C@@H]1c1nc2c([nH]1)CCCC2)C1CC1. The molecule has 1 aromatic rings. The summed E-state index contributed by atoms with van der Waals surface area (Å²) in [5.41, 5.74) is 2.64. The molecule has 0 radical (unpaired) electrons. The number of hydrogen-bond acceptors (Lipinski definition) is 3. The zero-order valence-electron chi connectivity index (χ0n) is 16.0. The van der Waals surface area contributed by atoms with Gasteiger partial charge in [-0.05, 0) is 83.6 Å². The van der Waals surface area contributed by atoms with Gasteiger partial charge in [0.25, 0.3) is 0 Å². The summed E-state index contributed by atoms with van der Waals surface area (Å²) in [5, 5.41) is 0. The number of aromatic nitrogens is 2. The average Bonchev–Trinajstić information content (AvgIpc) is 3.55. The van der Waals surface area contributed by atoms with Gasteiger partial charge in [-0.25, -0.2) is 4.98 Å². The zero-order chi connectivity index (χ0) is 17.7. The van der Waals surface area contributed by atoms with E-state index in [1.165, 1.54) is 56.3 Å². The number of aromatic amines is 1. The topological polar surface area (TPSA) is 52.2 Å². The first kappa shape index (κ1) is 16.8. The largest absolute Gasteiger partial charge is 0.344 e. The zero-order valence-corrected chi connectivity index (χ0v) is 16.0. The van der Waals surface area contributed by atoms with Crippen molar-refractivity contribution in [3.05, 3.63) is 17.2 Å². The van der Waals surface area contributed by atoms with Crippen LogP contribution in [0, 0.1) is 5.92 Å². The minimum atomic E-state index is 0.307. The van der Waals surface area contributed by atoms with Crippen LogP contribution in [0.25, 0.3) is 0 Å². The number of nitrogens with zero attached hydrogens (tertiary/aromatic N) is 3. The van der Waals surface area contributed by atoms with Crippen LogP contribution in [0.4, 0.5) is 0 Å². The highest BCUT2D eigenvalue weighted by Gasteiger charge is 2.42. The molecule has 1 saturated heterocycles. The first-order valence-corrected chi connectivity index (χ1v) is 10.8. The molecule has 1 aliphatic heterocycles. The van der Waals surface area contributed by atoms with Gasteiger partial charge in [0.2, 0.25) is 5.91 Å². The van der Waals surface area contributed by atoms with E-state index in [-0.39, 0.29) is 0 Å². The molecule has 4 aliphatic rings. The van der Waals surface area contributed by atoms with Crippen molar-refractivity contribution in [2.45, 2.75) is 89.3 Å². The molecule has 0 unspecified atom stereocenters. The molecule has 2 saturated carbocycles. The van der Waals surface area contributed by atoms with Crippen molar-refractivity contribution < 1.29 is 4.79 Å². The minimum Gasteiger partial charge on any atom is -0.344 e. The summed E-state index contributed by atoms with van der Waals surface area (Å²) in [6, 6.07) is 1.27. The fourth-order valence-corrected chi connectivity index (χ4v) is 5.14. The van der Waals surface area contributed by atoms with Crippen LogP contribution >= 0.6 is 0 Å². The van der Waals surface area contributed by atoms with Gasteiger partial charge in [0.1, 0.15) is 5.82 Å². The van der Waals surface area contributed by atoms with E-state index in [0.29, 0.717) is 30.6 Å². The smallest absolute Gasteiger partial charge is 0.237 e. The third-order valence-electron chi connectivity index (χ3n) is 6.96. The van der Waals surface area contributed by atoms with Crippen LogP contribution in [-0.2, 0) is 17.6 Å². The van der Waals surface area contributed by atoms with Crippen molar-refractivity contribution in [3.8, 4) is 0 Å². The lowest BCUT2D eigenvalue weighted by Crippen LogP contribution is -2.46. The summed E-state index contributed by atoms with van der Waals surface area (Å²) in [6.07, 6.45) is 12.1. The maximum absolute atomic E-state index is 13.2. The quantitative estimate of drug-likeness (QED) is 0.851. The van der Waals surface area contributed by atoms with Gasteiger partial charge >= 0.3 is 0 Å². The molecular formula is C21H32N4O. The van der Waals surface area contributed by atoms with Crippen molar-refractivity contribution in [2.75, 3.05) is 13.1 Å². The molecule has 1 N–H and O–H groups in total. The maximum Gasteiger partial charge on any atom is 0.237 e. The average molecular weight is 357 g/mol. The number of carbonyl (C=O) groups is 1. The molecule has 2 atom stereocenters. The number of nitrogens with one attached hydrogen (secondary N) is 1. The van der Waals surface area contributed by atoms with Crippen LogP contribution in [0.3, 0.4) is 0 Å². The van der Waals surface area contributed by atoms with Gasteiger partial charge < -0.3 is 9.88 Å². The number of imidazole rings is 1. The molecule has 1 aromatic heterocycles. The normalized spacial score (nSPS) is 27.3. The van der Waals surface area contributed by atoms with Gasteiger partial charge in [-0.15, -0.1) is 0 Å². The maximum atomic E-state index is 13.2. The molecule has 5 rings (SSSR count). The Labute approximate surface area is 156 Å². The molecule has 3 fully saturated rings. The molecule has 0 spiro atoms. The molecule has 3 aliphatic carbocycles. The highest BCUT2D eigenvalue weighted by molar-refractivity contribution is 5.79. The molecule has 142 valence electrons. The highest BCUT2D eigenvalue weighted by atomic mass is 16.2. The van der Waals surface area contributed by atoms with Crippen LogP contribution in [0.5, 0.6) is 0 Å². The first-order chi connectivity index (χ1) is 12.7. The molecule has 2 heterocycles. The Morgan fingerprint density at radius 1 is 1.19 bits per heavy atom. The minimum absolute atomic E-state index is 0.307. The Kier molecular flexibility index (Phi) is 4.30. The van der Waals surface area contributed by atoms with Gasteiger partial charge in [-0.2, -0.15) is 0 Å². The molecule has 26 heavy (non-hydrogen) atoms. The summed E-state index contributed by atoms with van der Waals surface area (Å²) in [6.45, 7) is 3.87. The van der Waals surface area contributed by atoms with Crippen molar-refractivity contribution in [3.63, 3.8) is 0 Å². The van der Waals surface area contributed by atoms with E-state index < -0.39 is 0 Å². The predicted octanol–water partition coefficient (Wildman–Crippen LogP) is 3.21. The number of likely N-dealkylation sites (tertiary alicyclic amines) is 1. The first-order valence-electron chi connectivity index (χ1n) is 10.8. The van der Waals surface area contributed by atoms with Crippen LogP contribution in [0.15, 0.2) is 0 Å². The Morgan fingerprint density at radius 2 is 2.00 bits per heavy atom. The Hall–Kier alpha value is -1.36. The molecule has 5 heteroatoms. The van der Waals surface area contributed by atoms with Crippen molar-refractivity contribution in [1.29, 1.82) is 0 Å². The van der Waals surface area contributed by atoms with Crippen molar-refractivity contribution in [1.82, 2.24) is 19.8 Å². The summed E-state index contributed by atoms with van der Waals surface area (Å²) in [5.74, 6) is 2.23. The third-order valence-corrected chi connectivity index (χ3v) is 6.96. The number of fused-ring (bicyclic) bond motifs is 1. The van der Waals surface area contributed by atoms with E-state index in [1.54, 1.807) is 0 Å². The number of hydrogen-bond donors (Lipinski definition) is 1. The third kappa shape index (κ3) is 3.19. The predicted molar refractivity (Wildman–Crippen MR) is 101 cm³/mol. The Morgan fingerprint density at radius 3 is 2.73 bits per heavy atom. The Balaban J connectivity index is 1.29. The van der Waals surface area contributed by atoms with Gasteiger partial charge in [0.05, 0.1) is 18.3 Å². The van der Waals surface area contributed by atoms with E-state index in [2.05, 4.69) is 21.7 Å². The summed E-state index contributed by atoms with van der Waals surface area (Å²) in [7, 11) is 0. The molecule has 1 amide bonds. The summed E-state index contributed by atoms with van der Waals surface area (Å²) < 4.78 is 0. The number of amides is 1. The second-order valence-corrected chi connectivity index (χ2v) is 8.99. The number of aryl methyl sites for hydroxylation is 2. The number of carbonyl (C=O) groups excluding carboxylic acids is 1. The van der Waals surface area contributed by atoms with E-state index >= 15 is 0 Å². The summed E-state index contributed by atoms with van der Waals surface area (Å²) >= 11 is 0. The fraction of sp³-hybridized carbons (Fsp3) is 0.810. The lowest BCUT2D eigenvalue weighted by Gasteiger charge is -2.32. The highest BCUT2D eigenvalue weighted by Crippen LogP contribution is 2.40. The van der Waals surface area contributed by atoms with E-state index in [0.717, 1.165) is 37.5 Å². The second-order valence-electron chi connectivity index (χ2n) is 8.99. The standard InChI is InChI=1S/C21H32N4O/c1-14(15-8-9-15)25(16-10-11-16)20(26)13-24-12-4-7-19(24)21-22-17-5-2-3-6-18(17)23-21/h14-16,19H,2-13H2,1H3,(H,22,23)/t14-,19+/m0/s1. The molecule has 0 aromatic carbocycles. The van der Waals surface area contributed by atoms with Crippen molar-refractivity contribution in [2.24, 2.45) is 5.92 Å². The lowest BCUT2D eigenvalue weighted by atomic mass is 10.0. The molecular weight excluding hydrogens is 324 g/mol. The van der Waals surface area contributed by atoms with E-state index in [9.17, 15) is 4.79 Å². The van der Waals surface area contributed by atoms with Gasteiger partial charge in [-0.3, -0.25) is 9.69 Å². The van der Waals surface area contributed by atoms with E-state index in [4.69, 9.17) is 4.98 Å². The monoisotopic (exact) mass is 356 g/mol. The number of rotatable bonds is 6. The van der Waals surface area contributed by atoms with Crippen LogP contribution < -0.4 is 0 Å². The van der Waals surface area contributed by atoms with Gasteiger partial charge in [0, 0.05) is 17.8 Å². The lowest BCUT2D eigenvalue weighted by molar-refractivity contribution is -0.135. The van der Waals surface area contributed by atoms with Gasteiger partial charge in [-0.1, -0.05) is 0 Å². The Bertz CT molecular complexity index is 652.